The molecule has 0 spiro atoms. The Labute approximate surface area is 204 Å². The molecule has 0 aliphatic rings. The summed E-state index contributed by atoms with van der Waals surface area (Å²) in [5.41, 5.74) is 4.54. The third-order valence-corrected chi connectivity index (χ3v) is 5.79. The van der Waals surface area contributed by atoms with Crippen LogP contribution in [0.1, 0.15) is 37.3 Å². The molecule has 0 saturated heterocycles. The zero-order chi connectivity index (χ0) is 24.6. The number of carboxylic acids is 1. The van der Waals surface area contributed by atoms with Crippen LogP contribution in [0.2, 0.25) is 0 Å². The Hall–Kier alpha value is -3.80. The second kappa shape index (κ2) is 11.6. The van der Waals surface area contributed by atoms with Crippen molar-refractivity contribution in [1.82, 2.24) is 0 Å². The van der Waals surface area contributed by atoms with E-state index in [0.29, 0.717) is 25.2 Å². The number of carbonyl (C=O) groups is 1. The van der Waals surface area contributed by atoms with E-state index >= 15 is 0 Å². The van der Waals surface area contributed by atoms with Crippen molar-refractivity contribution in [2.45, 2.75) is 39.0 Å². The molecular formula is C29H29FO5. The van der Waals surface area contributed by atoms with Crippen LogP contribution in [0, 0.1) is 5.82 Å². The lowest BCUT2D eigenvalue weighted by atomic mass is 10.0. The zero-order valence-corrected chi connectivity index (χ0v) is 19.8. The molecule has 4 aromatic rings. The van der Waals surface area contributed by atoms with E-state index in [0.717, 1.165) is 52.7 Å². The normalized spacial score (nSPS) is 11.0. The van der Waals surface area contributed by atoms with E-state index in [1.807, 2.05) is 30.5 Å². The molecule has 0 amide bonds. The van der Waals surface area contributed by atoms with Gasteiger partial charge in [0, 0.05) is 16.5 Å². The minimum absolute atomic E-state index is 0.128. The Morgan fingerprint density at radius 3 is 2.37 bits per heavy atom. The highest BCUT2D eigenvalue weighted by molar-refractivity contribution is 5.96. The van der Waals surface area contributed by atoms with Crippen LogP contribution in [0.5, 0.6) is 11.5 Å². The van der Waals surface area contributed by atoms with Gasteiger partial charge in [-0.15, -0.1) is 0 Å². The number of furan rings is 1. The number of carboxylic acid groups (broad SMARTS) is 1. The molecule has 0 atom stereocenters. The number of unbranched alkanes of at least 4 members (excludes halogenated alkanes) is 1. The van der Waals surface area contributed by atoms with E-state index in [1.54, 1.807) is 6.07 Å². The van der Waals surface area contributed by atoms with Gasteiger partial charge in [-0.2, -0.15) is 0 Å². The van der Waals surface area contributed by atoms with Gasteiger partial charge >= 0.3 is 5.97 Å². The Morgan fingerprint density at radius 2 is 1.69 bits per heavy atom. The Morgan fingerprint density at radius 1 is 0.971 bits per heavy atom. The molecule has 1 N–H and O–H groups in total. The number of rotatable bonds is 12. The average molecular weight is 477 g/mol. The summed E-state index contributed by atoms with van der Waals surface area (Å²) in [4.78, 5) is 10.8. The van der Waals surface area contributed by atoms with Crippen LogP contribution in [-0.4, -0.2) is 24.3 Å². The van der Waals surface area contributed by atoms with Gasteiger partial charge in [0.05, 0.1) is 25.9 Å². The largest absolute Gasteiger partial charge is 0.493 e. The van der Waals surface area contributed by atoms with Gasteiger partial charge in [-0.25, -0.2) is 4.39 Å². The highest BCUT2D eigenvalue weighted by atomic mass is 19.1. The Balaban J connectivity index is 1.33. The third-order valence-electron chi connectivity index (χ3n) is 5.79. The van der Waals surface area contributed by atoms with Crippen LogP contribution in [0.15, 0.2) is 71.3 Å². The quantitative estimate of drug-likeness (QED) is 0.222. The first-order chi connectivity index (χ1) is 17.1. The number of fused-ring (bicyclic) bond motifs is 1. The Bertz CT molecular complexity index is 1280. The molecule has 35 heavy (non-hydrogen) atoms. The van der Waals surface area contributed by atoms with E-state index in [9.17, 15) is 9.18 Å². The predicted octanol–water partition coefficient (Wildman–Crippen LogP) is 7.06. The second-order valence-electron chi connectivity index (χ2n) is 8.42. The predicted molar refractivity (Wildman–Crippen MR) is 134 cm³/mol. The minimum Gasteiger partial charge on any atom is -0.493 e. The van der Waals surface area contributed by atoms with E-state index in [-0.39, 0.29) is 12.2 Å². The summed E-state index contributed by atoms with van der Waals surface area (Å²) in [6.07, 6.45) is 4.87. The van der Waals surface area contributed by atoms with Crippen molar-refractivity contribution in [3.63, 3.8) is 0 Å². The van der Waals surface area contributed by atoms with Crippen molar-refractivity contribution < 1.29 is 28.2 Å². The van der Waals surface area contributed by atoms with Gasteiger partial charge in [0.25, 0.3) is 0 Å². The summed E-state index contributed by atoms with van der Waals surface area (Å²) in [5, 5.41) is 9.89. The molecule has 5 nitrogen and oxygen atoms in total. The van der Waals surface area contributed by atoms with Crippen molar-refractivity contribution in [2.24, 2.45) is 0 Å². The van der Waals surface area contributed by atoms with Gasteiger partial charge < -0.3 is 19.0 Å². The summed E-state index contributed by atoms with van der Waals surface area (Å²) in [6, 6.07) is 18.5. The average Bonchev–Trinajstić information content (AvgIpc) is 3.28. The number of aryl methyl sites for hydroxylation is 1. The molecule has 182 valence electrons. The van der Waals surface area contributed by atoms with Crippen molar-refractivity contribution >= 4 is 16.9 Å². The summed E-state index contributed by atoms with van der Waals surface area (Å²) >= 11 is 0. The van der Waals surface area contributed by atoms with E-state index in [4.69, 9.17) is 19.0 Å². The number of hydrogen-bond acceptors (Lipinski definition) is 4. The Kier molecular flexibility index (Phi) is 8.03. The molecule has 0 aliphatic carbocycles. The fourth-order valence-corrected chi connectivity index (χ4v) is 4.12. The molecular weight excluding hydrogens is 447 g/mol. The van der Waals surface area contributed by atoms with Gasteiger partial charge in [0.2, 0.25) is 0 Å². The molecule has 0 bridgehead atoms. The van der Waals surface area contributed by atoms with Gasteiger partial charge in [-0.1, -0.05) is 49.7 Å². The fourth-order valence-electron chi connectivity index (χ4n) is 4.12. The zero-order valence-electron chi connectivity index (χ0n) is 19.8. The lowest BCUT2D eigenvalue weighted by Crippen LogP contribution is -2.05. The van der Waals surface area contributed by atoms with Crippen LogP contribution in [-0.2, 0) is 17.6 Å². The fraction of sp³-hybridized carbons (Fsp3) is 0.276. The van der Waals surface area contributed by atoms with Crippen molar-refractivity contribution in [1.29, 1.82) is 0 Å². The number of benzene rings is 3. The summed E-state index contributed by atoms with van der Waals surface area (Å²) < 4.78 is 31.7. The molecule has 0 aliphatic heterocycles. The maximum absolute atomic E-state index is 14.1. The van der Waals surface area contributed by atoms with Crippen LogP contribution >= 0.6 is 0 Å². The monoisotopic (exact) mass is 476 g/mol. The number of halogens is 1. The van der Waals surface area contributed by atoms with Crippen LogP contribution in [0.3, 0.4) is 0 Å². The first kappa shape index (κ1) is 24.3. The van der Waals surface area contributed by atoms with Crippen LogP contribution in [0.4, 0.5) is 4.39 Å². The topological polar surface area (TPSA) is 68.9 Å². The first-order valence-corrected chi connectivity index (χ1v) is 11.9. The molecule has 0 unspecified atom stereocenters. The van der Waals surface area contributed by atoms with Crippen LogP contribution in [0.25, 0.3) is 22.1 Å². The SMILES string of the molecule is CCCc1c(OCCCCOc2ccc(CC(=O)O)cc2F)ccc2c(-c3ccccc3)coc12. The van der Waals surface area contributed by atoms with Gasteiger partial charge in [-0.3, -0.25) is 4.79 Å². The molecule has 0 radical (unpaired) electrons. The van der Waals surface area contributed by atoms with Gasteiger partial charge in [0.15, 0.2) is 11.6 Å². The molecule has 3 aromatic carbocycles. The molecule has 1 aromatic heterocycles. The standard InChI is InChI=1S/C29H29FO5/c1-2-8-23-26(14-12-22-24(19-35-29(22)23)21-9-4-3-5-10-21)33-15-6-7-16-34-27-13-11-20(17-25(27)30)18-28(31)32/h3-5,9-14,17,19H,2,6-8,15-16,18H2,1H3,(H,31,32). The van der Waals surface area contributed by atoms with E-state index < -0.39 is 11.8 Å². The smallest absolute Gasteiger partial charge is 0.307 e. The lowest BCUT2D eigenvalue weighted by Gasteiger charge is -2.12. The minimum atomic E-state index is -0.997. The molecule has 6 heteroatoms. The highest BCUT2D eigenvalue weighted by Gasteiger charge is 2.16. The van der Waals surface area contributed by atoms with E-state index in [1.165, 1.54) is 12.1 Å². The summed E-state index contributed by atoms with van der Waals surface area (Å²) in [7, 11) is 0. The van der Waals surface area contributed by atoms with Crippen LogP contribution < -0.4 is 9.47 Å². The number of hydrogen-bond donors (Lipinski definition) is 1. The van der Waals surface area contributed by atoms with Crippen molar-refractivity contribution in [3.05, 3.63) is 83.9 Å². The van der Waals surface area contributed by atoms with Crippen molar-refractivity contribution in [3.8, 4) is 22.6 Å². The molecule has 1 heterocycles. The molecule has 0 saturated carbocycles. The lowest BCUT2D eigenvalue weighted by molar-refractivity contribution is -0.136. The van der Waals surface area contributed by atoms with Gasteiger partial charge in [-0.05, 0) is 54.7 Å². The molecule has 0 fully saturated rings. The maximum Gasteiger partial charge on any atom is 0.307 e. The first-order valence-electron chi connectivity index (χ1n) is 11.9. The highest BCUT2D eigenvalue weighted by Crippen LogP contribution is 2.37. The number of ether oxygens (including phenoxy) is 2. The van der Waals surface area contributed by atoms with Crippen molar-refractivity contribution in [2.75, 3.05) is 13.2 Å². The number of aliphatic carboxylic acids is 1. The molecule has 4 rings (SSSR count). The summed E-state index contributed by atoms with van der Waals surface area (Å²) in [5.74, 6) is -0.592. The summed E-state index contributed by atoms with van der Waals surface area (Å²) in [6.45, 7) is 2.99. The second-order valence-corrected chi connectivity index (χ2v) is 8.42. The van der Waals surface area contributed by atoms with Gasteiger partial charge in [0.1, 0.15) is 11.3 Å². The maximum atomic E-state index is 14.1. The van der Waals surface area contributed by atoms with E-state index in [2.05, 4.69) is 25.1 Å². The third kappa shape index (κ3) is 6.01.